The lowest BCUT2D eigenvalue weighted by atomic mass is 10.2. The molecule has 0 saturated carbocycles. The fourth-order valence-corrected chi connectivity index (χ4v) is 1.24. The molecule has 1 rings (SSSR count). The van der Waals surface area contributed by atoms with Crippen molar-refractivity contribution in [3.8, 4) is 5.75 Å². The predicted molar refractivity (Wildman–Crippen MR) is 61.1 cm³/mol. The van der Waals surface area contributed by atoms with Gasteiger partial charge < -0.3 is 18.7 Å². The van der Waals surface area contributed by atoms with Gasteiger partial charge in [0.25, 0.3) is 0 Å². The van der Waals surface area contributed by atoms with Crippen molar-refractivity contribution >= 4 is 14.5 Å². The molecule has 14 heavy (non-hydrogen) atoms. The van der Waals surface area contributed by atoms with E-state index in [1.165, 1.54) is 5.56 Å². The maximum atomic E-state index is 5.50. The summed E-state index contributed by atoms with van der Waals surface area (Å²) in [5.74, 6) is 0.893. The van der Waals surface area contributed by atoms with Gasteiger partial charge in [-0.2, -0.15) is 0 Å². The summed E-state index contributed by atoms with van der Waals surface area (Å²) in [7, 11) is 3.49. The van der Waals surface area contributed by atoms with Crippen molar-refractivity contribution in [2.45, 2.75) is 13.8 Å². The molecule has 0 spiro atoms. The number of hydrogen-bond acceptors (Lipinski definition) is 2. The molecule has 1 aromatic carbocycles. The van der Waals surface area contributed by atoms with E-state index in [1.54, 1.807) is 0 Å². The second-order valence-electron chi connectivity index (χ2n) is 3.02. The molecule has 0 aliphatic rings. The summed E-state index contributed by atoms with van der Waals surface area (Å²) in [6.07, 6.45) is 0. The minimum atomic E-state index is 0.605. The molecule has 0 heterocycles. The highest BCUT2D eigenvalue weighted by molar-refractivity contribution is 7.27. The number of rotatable bonds is 5. The van der Waals surface area contributed by atoms with E-state index in [-0.39, 0.29) is 0 Å². The Balaban J connectivity index is 2.39. The lowest BCUT2D eigenvalue weighted by molar-refractivity contribution is 0.110. The number of benzene rings is 1. The van der Waals surface area contributed by atoms with Crippen molar-refractivity contribution in [1.29, 1.82) is 0 Å². The Morgan fingerprint density at radius 2 is 2.07 bits per heavy atom. The Morgan fingerprint density at radius 1 is 1.29 bits per heavy atom. The van der Waals surface area contributed by atoms with Crippen molar-refractivity contribution in [2.24, 2.45) is 0 Å². The molecule has 3 heteroatoms. The van der Waals surface area contributed by atoms with Crippen molar-refractivity contribution in [3.63, 3.8) is 0 Å². The first-order valence-electron chi connectivity index (χ1n) is 4.77. The van der Waals surface area contributed by atoms with Gasteiger partial charge in [0, 0.05) is 6.61 Å². The van der Waals surface area contributed by atoms with Crippen LogP contribution in [0.1, 0.15) is 12.5 Å². The molecule has 0 amide bonds. The molecule has 0 unspecified atom stereocenters. The zero-order chi connectivity index (χ0) is 10.4. The quantitative estimate of drug-likeness (QED) is 0.549. The van der Waals surface area contributed by atoms with E-state index in [0.29, 0.717) is 13.2 Å². The zero-order valence-electron chi connectivity index (χ0n) is 8.67. The van der Waals surface area contributed by atoms with Gasteiger partial charge in [-0.05, 0) is 26.0 Å². The minimum Gasteiger partial charge on any atom is -0.524 e. The third-order valence-electron chi connectivity index (χ3n) is 1.90. The van der Waals surface area contributed by atoms with Crippen LogP contribution in [0.2, 0.25) is 0 Å². The Morgan fingerprint density at radius 3 is 2.71 bits per heavy atom. The molecule has 0 saturated heterocycles. The normalized spacial score (nSPS) is 10.2. The smallest absolute Gasteiger partial charge is 0.119 e. The van der Waals surface area contributed by atoms with Gasteiger partial charge in [0.05, 0.1) is 6.61 Å². The van der Waals surface area contributed by atoms with Crippen LogP contribution in [-0.2, 0) is 4.74 Å². The molecule has 0 N–H and O–H groups in total. The molecule has 0 aromatic heterocycles. The van der Waals surface area contributed by atoms with Gasteiger partial charge in [0.15, 0.2) is 0 Å². The summed E-state index contributed by atoms with van der Waals surface area (Å²) in [5.41, 5.74) is 1.18. The molecule has 2 nitrogen and oxygen atoms in total. The van der Waals surface area contributed by atoms with E-state index < -0.39 is 0 Å². The predicted octanol–water partition coefficient (Wildman–Crippen LogP) is 2.18. The Bertz CT molecular complexity index is 287. The van der Waals surface area contributed by atoms with E-state index in [0.717, 1.165) is 17.7 Å². The van der Waals surface area contributed by atoms with Crippen LogP contribution in [0.15, 0.2) is 18.2 Å². The van der Waals surface area contributed by atoms with Crippen molar-refractivity contribution in [2.75, 3.05) is 19.8 Å². The van der Waals surface area contributed by atoms with Gasteiger partial charge in [0.1, 0.15) is 12.4 Å². The highest BCUT2D eigenvalue weighted by atomic mass is 31.0. The van der Waals surface area contributed by atoms with E-state index in [9.17, 15) is 0 Å². The lowest BCUT2D eigenvalue weighted by Crippen LogP contribution is -2.07. The summed E-state index contributed by atoms with van der Waals surface area (Å²) < 4.78 is 10.7. The van der Waals surface area contributed by atoms with Crippen molar-refractivity contribution in [1.82, 2.24) is 0 Å². The lowest BCUT2D eigenvalue weighted by Gasteiger charge is -2.11. The first kappa shape index (κ1) is 11.5. The maximum absolute atomic E-state index is 5.50. The summed E-state index contributed by atoms with van der Waals surface area (Å²) in [4.78, 5) is 0. The van der Waals surface area contributed by atoms with Crippen LogP contribution in [-0.4, -0.2) is 19.8 Å². The second kappa shape index (κ2) is 6.00. The monoisotopic (exact) mass is 211 g/mol. The third kappa shape index (κ3) is 3.65. The molecule has 0 aliphatic carbocycles. The van der Waals surface area contributed by atoms with Crippen LogP contribution >= 0.6 is 9.24 Å². The summed E-state index contributed by atoms with van der Waals surface area (Å²) in [6.45, 7) is 6.00. The zero-order valence-corrected chi connectivity index (χ0v) is 9.67. The van der Waals surface area contributed by atoms with E-state index in [2.05, 4.69) is 9.24 Å². The van der Waals surface area contributed by atoms with E-state index in [1.807, 2.05) is 32.0 Å². The molecular formula is C11H16O2P-. The second-order valence-corrected chi connectivity index (χ2v) is 3.56. The van der Waals surface area contributed by atoms with Crippen LogP contribution in [0.3, 0.4) is 0 Å². The average molecular weight is 211 g/mol. The Labute approximate surface area is 87.8 Å². The number of ether oxygens (including phenoxy) is 2. The van der Waals surface area contributed by atoms with Crippen LogP contribution in [0.5, 0.6) is 5.75 Å². The fourth-order valence-electron chi connectivity index (χ4n) is 1.09. The third-order valence-corrected chi connectivity index (χ3v) is 2.46. The fraction of sp³-hybridized carbons (Fsp3) is 0.455. The van der Waals surface area contributed by atoms with Crippen molar-refractivity contribution in [3.05, 3.63) is 23.8 Å². The van der Waals surface area contributed by atoms with Crippen LogP contribution in [0.4, 0.5) is 0 Å². The maximum Gasteiger partial charge on any atom is 0.119 e. The van der Waals surface area contributed by atoms with E-state index in [4.69, 9.17) is 9.47 Å². The molecular weight excluding hydrogens is 195 g/mol. The standard InChI is InChI=1S/C11H16O2P/c1-3-12-6-7-13-10-4-5-11(14)9(2)8-10/h4-5,8,14H,3,6-7H2,1-2H3/q-1. The van der Waals surface area contributed by atoms with Crippen LogP contribution in [0.25, 0.3) is 0 Å². The molecule has 0 radical (unpaired) electrons. The number of aryl methyl sites for hydroxylation is 1. The molecule has 78 valence electrons. The molecule has 0 bridgehead atoms. The highest BCUT2D eigenvalue weighted by Gasteiger charge is 1.93. The summed E-state index contributed by atoms with van der Waals surface area (Å²) in [6, 6.07) is 5.94. The van der Waals surface area contributed by atoms with Gasteiger partial charge >= 0.3 is 0 Å². The van der Waals surface area contributed by atoms with E-state index >= 15 is 0 Å². The minimum absolute atomic E-state index is 0.605. The summed E-state index contributed by atoms with van der Waals surface area (Å²) in [5, 5.41) is 1.10. The van der Waals surface area contributed by atoms with Gasteiger partial charge in [0.2, 0.25) is 0 Å². The average Bonchev–Trinajstić information content (AvgIpc) is 2.18. The first-order chi connectivity index (χ1) is 6.74. The SMILES string of the molecule is CCOCCOc1ccc([PH-])c(C)c1. The van der Waals surface area contributed by atoms with Gasteiger partial charge in [-0.15, -0.1) is 0 Å². The molecule has 0 aliphatic heterocycles. The first-order valence-corrected chi connectivity index (χ1v) is 5.27. The number of hydrogen-bond donors (Lipinski definition) is 0. The highest BCUT2D eigenvalue weighted by Crippen LogP contribution is 2.12. The molecule has 0 fully saturated rings. The van der Waals surface area contributed by atoms with Gasteiger partial charge in [-0.25, -0.2) is 5.30 Å². The Kier molecular flexibility index (Phi) is 4.92. The summed E-state index contributed by atoms with van der Waals surface area (Å²) >= 11 is 0. The Hall–Kier alpha value is -0.590. The van der Waals surface area contributed by atoms with Crippen LogP contribution < -0.4 is 10.0 Å². The molecule has 0 atom stereocenters. The van der Waals surface area contributed by atoms with Crippen LogP contribution in [0, 0.1) is 6.92 Å². The van der Waals surface area contributed by atoms with Gasteiger partial charge in [-0.1, -0.05) is 11.6 Å². The largest absolute Gasteiger partial charge is 0.524 e. The van der Waals surface area contributed by atoms with Crippen molar-refractivity contribution < 1.29 is 9.47 Å². The van der Waals surface area contributed by atoms with Gasteiger partial charge in [-0.3, -0.25) is 0 Å². The topological polar surface area (TPSA) is 18.5 Å². The molecule has 1 aromatic rings.